The second-order valence-electron chi connectivity index (χ2n) is 5.44. The van der Waals surface area contributed by atoms with Gasteiger partial charge in [-0.2, -0.15) is 0 Å². The number of ether oxygens (including phenoxy) is 3. The van der Waals surface area contributed by atoms with Gasteiger partial charge in [-0.05, 0) is 38.1 Å². The van der Waals surface area contributed by atoms with Gasteiger partial charge in [0, 0.05) is 0 Å². The summed E-state index contributed by atoms with van der Waals surface area (Å²) in [4.78, 5) is 23.7. The number of esters is 2. The third-order valence-electron chi connectivity index (χ3n) is 3.51. The van der Waals surface area contributed by atoms with E-state index in [-0.39, 0.29) is 0 Å². The summed E-state index contributed by atoms with van der Waals surface area (Å²) in [5, 5.41) is 0. The third-order valence-corrected chi connectivity index (χ3v) is 3.51. The average molecular weight is 312 g/mol. The molecule has 3 rings (SSSR count). The van der Waals surface area contributed by atoms with Crippen LogP contribution >= 0.6 is 0 Å². The molecular formula is C18H16O5. The summed E-state index contributed by atoms with van der Waals surface area (Å²) in [6, 6.07) is 14.3. The second kappa shape index (κ2) is 6.12. The zero-order chi connectivity index (χ0) is 16.4. The predicted octanol–water partition coefficient (Wildman–Crippen LogP) is 2.58. The Morgan fingerprint density at radius 2 is 1.04 bits per heavy atom. The van der Waals surface area contributed by atoms with Crippen molar-refractivity contribution in [2.75, 3.05) is 0 Å². The molecule has 0 N–H and O–H groups in total. The smallest absolute Gasteiger partial charge is 0.359 e. The van der Waals surface area contributed by atoms with Gasteiger partial charge in [-0.1, -0.05) is 35.4 Å². The van der Waals surface area contributed by atoms with Gasteiger partial charge in [0.25, 0.3) is 0 Å². The van der Waals surface area contributed by atoms with E-state index in [2.05, 4.69) is 4.74 Å². The molecule has 0 bridgehead atoms. The minimum absolute atomic E-state index is 0.477. The summed E-state index contributed by atoms with van der Waals surface area (Å²) in [5.41, 5.74) is 2.13. The largest absolute Gasteiger partial charge is 0.474 e. The third kappa shape index (κ3) is 3.34. The number of carbonyl (C=O) groups is 2. The van der Waals surface area contributed by atoms with Crippen molar-refractivity contribution < 1.29 is 23.8 Å². The van der Waals surface area contributed by atoms with Gasteiger partial charge in [-0.3, -0.25) is 0 Å². The number of hydrogen-bond acceptors (Lipinski definition) is 5. The van der Waals surface area contributed by atoms with Crippen molar-refractivity contribution in [1.29, 1.82) is 0 Å². The molecule has 0 saturated carbocycles. The van der Waals surface area contributed by atoms with Crippen LogP contribution in [0.5, 0.6) is 11.5 Å². The first-order chi connectivity index (χ1) is 11.0. The maximum absolute atomic E-state index is 11.9. The van der Waals surface area contributed by atoms with Gasteiger partial charge in [0.05, 0.1) is 0 Å². The van der Waals surface area contributed by atoms with Crippen molar-refractivity contribution in [2.45, 2.75) is 26.1 Å². The molecule has 2 aromatic carbocycles. The van der Waals surface area contributed by atoms with E-state index in [0.717, 1.165) is 11.1 Å². The minimum Gasteiger partial charge on any atom is -0.474 e. The molecule has 0 radical (unpaired) electrons. The topological polar surface area (TPSA) is 61.8 Å². The normalized spacial score (nSPS) is 20.3. The first kappa shape index (κ1) is 15.1. The van der Waals surface area contributed by atoms with Crippen LogP contribution in [0.4, 0.5) is 0 Å². The fraction of sp³-hybridized carbons (Fsp3) is 0.222. The highest BCUT2D eigenvalue weighted by atomic mass is 16.7. The second-order valence-corrected chi connectivity index (χ2v) is 5.44. The van der Waals surface area contributed by atoms with Crippen LogP contribution in [0, 0.1) is 13.8 Å². The molecule has 0 amide bonds. The molecular weight excluding hydrogens is 296 g/mol. The molecule has 118 valence electrons. The summed E-state index contributed by atoms with van der Waals surface area (Å²) in [6.07, 6.45) is -2.24. The summed E-state index contributed by atoms with van der Waals surface area (Å²) in [6.45, 7) is 3.89. The van der Waals surface area contributed by atoms with E-state index in [0.29, 0.717) is 11.5 Å². The van der Waals surface area contributed by atoms with Gasteiger partial charge in [0.1, 0.15) is 11.5 Å². The first-order valence-electron chi connectivity index (χ1n) is 7.25. The fourth-order valence-corrected chi connectivity index (χ4v) is 2.21. The molecule has 1 aliphatic rings. The Bertz CT molecular complexity index is 655. The van der Waals surface area contributed by atoms with E-state index in [1.807, 2.05) is 38.1 Å². The number of aryl methyl sites for hydroxylation is 2. The van der Waals surface area contributed by atoms with E-state index in [9.17, 15) is 9.59 Å². The Labute approximate surface area is 133 Å². The molecule has 2 unspecified atom stereocenters. The highest BCUT2D eigenvalue weighted by Crippen LogP contribution is 2.24. The van der Waals surface area contributed by atoms with Crippen LogP contribution in [0.15, 0.2) is 48.5 Å². The SMILES string of the molecule is Cc1ccc(OC2C(=O)OC(=O)C2Oc2ccc(C)cc2)cc1. The van der Waals surface area contributed by atoms with Crippen molar-refractivity contribution >= 4 is 11.9 Å². The zero-order valence-corrected chi connectivity index (χ0v) is 12.8. The summed E-state index contributed by atoms with van der Waals surface area (Å²) in [5.74, 6) is -0.533. The maximum atomic E-state index is 11.9. The summed E-state index contributed by atoms with van der Waals surface area (Å²) >= 11 is 0. The number of cyclic esters (lactones) is 2. The molecule has 1 fully saturated rings. The van der Waals surface area contributed by atoms with Crippen molar-refractivity contribution in [3.63, 3.8) is 0 Å². The van der Waals surface area contributed by atoms with Crippen LogP contribution in [0.3, 0.4) is 0 Å². The molecule has 0 aliphatic carbocycles. The highest BCUT2D eigenvalue weighted by Gasteiger charge is 2.48. The van der Waals surface area contributed by atoms with Crippen LogP contribution in [0.2, 0.25) is 0 Å². The molecule has 1 heterocycles. The number of benzene rings is 2. The fourth-order valence-electron chi connectivity index (χ4n) is 2.21. The number of carbonyl (C=O) groups excluding carboxylic acids is 2. The molecule has 5 heteroatoms. The minimum atomic E-state index is -1.12. The molecule has 0 aromatic heterocycles. The summed E-state index contributed by atoms with van der Waals surface area (Å²) < 4.78 is 15.9. The lowest BCUT2D eigenvalue weighted by atomic mass is 10.2. The van der Waals surface area contributed by atoms with Crippen LogP contribution in [-0.4, -0.2) is 24.1 Å². The predicted molar refractivity (Wildman–Crippen MR) is 82.3 cm³/mol. The Morgan fingerprint density at radius 3 is 1.39 bits per heavy atom. The van der Waals surface area contributed by atoms with Crippen LogP contribution < -0.4 is 9.47 Å². The van der Waals surface area contributed by atoms with E-state index in [4.69, 9.17) is 9.47 Å². The van der Waals surface area contributed by atoms with Gasteiger partial charge in [-0.25, -0.2) is 9.59 Å². The van der Waals surface area contributed by atoms with Crippen LogP contribution in [0.1, 0.15) is 11.1 Å². The first-order valence-corrected chi connectivity index (χ1v) is 7.25. The molecule has 5 nitrogen and oxygen atoms in total. The Hall–Kier alpha value is -2.82. The molecule has 0 spiro atoms. The van der Waals surface area contributed by atoms with Crippen molar-refractivity contribution in [2.24, 2.45) is 0 Å². The molecule has 2 aromatic rings. The van der Waals surface area contributed by atoms with Gasteiger partial charge in [-0.15, -0.1) is 0 Å². The van der Waals surface area contributed by atoms with Crippen LogP contribution in [0.25, 0.3) is 0 Å². The van der Waals surface area contributed by atoms with E-state index in [1.54, 1.807) is 24.3 Å². The summed E-state index contributed by atoms with van der Waals surface area (Å²) in [7, 11) is 0. The van der Waals surface area contributed by atoms with E-state index in [1.165, 1.54) is 0 Å². The van der Waals surface area contributed by atoms with Crippen molar-refractivity contribution in [3.05, 3.63) is 59.7 Å². The quantitative estimate of drug-likeness (QED) is 0.641. The standard InChI is InChI=1S/C18H16O5/c1-11-3-7-13(8-4-11)21-15-16(18(20)23-17(15)19)22-14-9-5-12(2)6-10-14/h3-10,15-16H,1-2H3. The number of hydrogen-bond donors (Lipinski definition) is 0. The number of rotatable bonds is 4. The lowest BCUT2D eigenvalue weighted by Crippen LogP contribution is -2.39. The highest BCUT2D eigenvalue weighted by molar-refractivity contribution is 6.00. The average Bonchev–Trinajstić information content (AvgIpc) is 2.78. The molecule has 2 atom stereocenters. The van der Waals surface area contributed by atoms with Gasteiger partial charge in [0.2, 0.25) is 12.2 Å². The Kier molecular flexibility index (Phi) is 4.02. The van der Waals surface area contributed by atoms with Gasteiger partial charge < -0.3 is 14.2 Å². The van der Waals surface area contributed by atoms with E-state index >= 15 is 0 Å². The van der Waals surface area contributed by atoms with Gasteiger partial charge in [0.15, 0.2) is 0 Å². The molecule has 23 heavy (non-hydrogen) atoms. The Morgan fingerprint density at radius 1 is 0.696 bits per heavy atom. The monoisotopic (exact) mass is 312 g/mol. The van der Waals surface area contributed by atoms with Crippen molar-refractivity contribution in [1.82, 2.24) is 0 Å². The van der Waals surface area contributed by atoms with Crippen LogP contribution in [-0.2, 0) is 14.3 Å². The Balaban J connectivity index is 1.78. The molecule has 1 aliphatic heterocycles. The van der Waals surface area contributed by atoms with Gasteiger partial charge >= 0.3 is 11.9 Å². The lowest BCUT2D eigenvalue weighted by Gasteiger charge is -2.17. The van der Waals surface area contributed by atoms with E-state index < -0.39 is 24.1 Å². The lowest BCUT2D eigenvalue weighted by molar-refractivity contribution is -0.154. The maximum Gasteiger partial charge on any atom is 0.359 e. The molecule has 1 saturated heterocycles. The van der Waals surface area contributed by atoms with Crippen molar-refractivity contribution in [3.8, 4) is 11.5 Å². The zero-order valence-electron chi connectivity index (χ0n) is 12.8.